The van der Waals surface area contributed by atoms with Crippen molar-refractivity contribution >= 4 is 29.7 Å². The number of carbonyl (C=O) groups excluding carboxylic acids is 2. The number of aryl methyl sites for hydroxylation is 1. The van der Waals surface area contributed by atoms with Gasteiger partial charge in [-0.1, -0.05) is 85.1 Å². The number of fused-ring (bicyclic) bond motifs is 1. The Morgan fingerprint density at radius 1 is 0.854 bits per heavy atom. The minimum Gasteiger partial charge on any atom is -0.336 e. The van der Waals surface area contributed by atoms with Crippen molar-refractivity contribution in [2.24, 2.45) is 0 Å². The van der Waals surface area contributed by atoms with Crippen LogP contribution in [-0.4, -0.2) is 64.0 Å². The van der Waals surface area contributed by atoms with Crippen molar-refractivity contribution in [1.29, 1.82) is 0 Å². The summed E-state index contributed by atoms with van der Waals surface area (Å²) in [6.45, 7) is 6.92. The van der Waals surface area contributed by atoms with E-state index < -0.39 is 0 Å². The molecule has 0 radical (unpaired) electrons. The molecule has 3 fully saturated rings. The maximum Gasteiger partial charge on any atom is 0.260 e. The van der Waals surface area contributed by atoms with Crippen LogP contribution in [-0.2, 0) is 17.9 Å². The maximum atomic E-state index is 13.8. The van der Waals surface area contributed by atoms with Crippen LogP contribution in [0.5, 0.6) is 0 Å². The number of hydrogen-bond acceptors (Lipinski definition) is 4. The fourth-order valence-corrected chi connectivity index (χ4v) is 7.85. The van der Waals surface area contributed by atoms with E-state index in [0.717, 1.165) is 56.0 Å². The van der Waals surface area contributed by atoms with Crippen molar-refractivity contribution in [3.05, 3.63) is 112 Å². The van der Waals surface area contributed by atoms with Crippen LogP contribution in [0.2, 0.25) is 0 Å². The van der Waals surface area contributed by atoms with Crippen LogP contribution in [0.15, 0.2) is 83.8 Å². The molecule has 1 aliphatic carbocycles. The average Bonchev–Trinajstić information content (AvgIpc) is 3.00. The van der Waals surface area contributed by atoms with Gasteiger partial charge in [0.05, 0.1) is 4.91 Å². The second-order valence-electron chi connectivity index (χ2n) is 11.6. The molecule has 1 saturated carbocycles. The van der Waals surface area contributed by atoms with E-state index in [1.807, 2.05) is 41.3 Å². The van der Waals surface area contributed by atoms with E-state index in [4.69, 9.17) is 0 Å². The zero-order valence-electron chi connectivity index (χ0n) is 23.9. The standard InChI is InChI=1S/C35H39N3O2S/c1-26-8-7-11-29(22-26)25-38-31-12-5-6-13-32(31)41-33(35(38)40)23-27-14-16-30(17-15-27)34(39)37-20-18-36(19-21-37)24-28-9-3-2-4-10-28/h2-4,7-11,14-17,22-23,31-32H,5-6,12-13,18-21,24-25H2,1H3/b33-23+. The number of benzene rings is 3. The molecule has 2 aliphatic heterocycles. The third kappa shape index (κ3) is 6.60. The molecule has 5 nitrogen and oxygen atoms in total. The zero-order valence-corrected chi connectivity index (χ0v) is 24.7. The fraction of sp³-hybridized carbons (Fsp3) is 0.371. The number of rotatable bonds is 6. The second-order valence-corrected chi connectivity index (χ2v) is 12.9. The van der Waals surface area contributed by atoms with Gasteiger partial charge in [0.15, 0.2) is 0 Å². The Kier molecular flexibility index (Phi) is 8.59. The van der Waals surface area contributed by atoms with Gasteiger partial charge in [-0.05, 0) is 54.7 Å². The number of thioether (sulfide) groups is 1. The molecule has 2 amide bonds. The summed E-state index contributed by atoms with van der Waals surface area (Å²) in [6.07, 6.45) is 6.68. The van der Waals surface area contributed by atoms with E-state index in [2.05, 4.69) is 65.3 Å². The van der Waals surface area contributed by atoms with E-state index in [-0.39, 0.29) is 11.8 Å². The van der Waals surface area contributed by atoms with Crippen LogP contribution in [0.3, 0.4) is 0 Å². The van der Waals surface area contributed by atoms with E-state index in [1.54, 1.807) is 11.8 Å². The highest BCUT2D eigenvalue weighted by atomic mass is 32.2. The molecule has 3 aliphatic rings. The van der Waals surface area contributed by atoms with Gasteiger partial charge in [-0.15, -0.1) is 11.8 Å². The number of carbonyl (C=O) groups is 2. The Morgan fingerprint density at radius 2 is 1.59 bits per heavy atom. The molecule has 0 N–H and O–H groups in total. The van der Waals surface area contributed by atoms with Crippen molar-refractivity contribution in [3.63, 3.8) is 0 Å². The van der Waals surface area contributed by atoms with Crippen LogP contribution in [0.1, 0.15) is 58.3 Å². The summed E-state index contributed by atoms with van der Waals surface area (Å²) < 4.78 is 0. The van der Waals surface area contributed by atoms with Crippen molar-refractivity contribution in [1.82, 2.24) is 14.7 Å². The highest BCUT2D eigenvalue weighted by Crippen LogP contribution is 2.42. The lowest BCUT2D eigenvalue weighted by molar-refractivity contribution is -0.130. The largest absolute Gasteiger partial charge is 0.336 e. The fourth-order valence-electron chi connectivity index (χ4n) is 6.38. The molecule has 0 aromatic heterocycles. The lowest BCUT2D eigenvalue weighted by atomic mass is 9.92. The topological polar surface area (TPSA) is 43.9 Å². The predicted molar refractivity (Wildman–Crippen MR) is 167 cm³/mol. The van der Waals surface area contributed by atoms with Gasteiger partial charge >= 0.3 is 0 Å². The Hall–Kier alpha value is -3.35. The Bertz CT molecular complexity index is 1400. The van der Waals surface area contributed by atoms with Gasteiger partial charge in [-0.25, -0.2) is 0 Å². The molecular weight excluding hydrogens is 526 g/mol. The molecule has 6 rings (SSSR count). The number of amides is 2. The lowest BCUT2D eigenvalue weighted by Crippen LogP contribution is -2.50. The molecule has 41 heavy (non-hydrogen) atoms. The van der Waals surface area contributed by atoms with Crippen LogP contribution >= 0.6 is 11.8 Å². The van der Waals surface area contributed by atoms with E-state index in [0.29, 0.717) is 23.4 Å². The van der Waals surface area contributed by atoms with Crippen molar-refractivity contribution in [3.8, 4) is 0 Å². The van der Waals surface area contributed by atoms with Crippen molar-refractivity contribution in [2.45, 2.75) is 57.0 Å². The first-order valence-electron chi connectivity index (χ1n) is 14.9. The Morgan fingerprint density at radius 3 is 2.34 bits per heavy atom. The van der Waals surface area contributed by atoms with Crippen LogP contribution < -0.4 is 0 Å². The van der Waals surface area contributed by atoms with Crippen molar-refractivity contribution in [2.75, 3.05) is 26.2 Å². The third-order valence-electron chi connectivity index (χ3n) is 8.62. The Labute approximate surface area is 248 Å². The summed E-state index contributed by atoms with van der Waals surface area (Å²) in [5.74, 6) is 0.217. The Balaban J connectivity index is 1.11. The molecule has 3 aromatic carbocycles. The summed E-state index contributed by atoms with van der Waals surface area (Å²) in [7, 11) is 0. The van der Waals surface area contributed by atoms with E-state index >= 15 is 0 Å². The maximum absolute atomic E-state index is 13.8. The van der Waals surface area contributed by atoms with Gasteiger partial charge in [-0.2, -0.15) is 0 Å². The lowest BCUT2D eigenvalue weighted by Gasteiger charge is -2.44. The first kappa shape index (κ1) is 27.8. The van der Waals surface area contributed by atoms with Gasteiger partial charge in [0.25, 0.3) is 11.8 Å². The molecule has 6 heteroatoms. The molecule has 3 aromatic rings. The first-order chi connectivity index (χ1) is 20.0. The highest BCUT2D eigenvalue weighted by Gasteiger charge is 2.40. The molecule has 2 atom stereocenters. The summed E-state index contributed by atoms with van der Waals surface area (Å²) in [5, 5.41) is 0.443. The number of piperazine rings is 1. The number of nitrogens with zero attached hydrogens (tertiary/aromatic N) is 3. The summed E-state index contributed by atoms with van der Waals surface area (Å²) in [5.41, 5.74) is 5.40. The monoisotopic (exact) mass is 565 g/mol. The summed E-state index contributed by atoms with van der Waals surface area (Å²) in [4.78, 5) is 34.3. The summed E-state index contributed by atoms with van der Waals surface area (Å²) >= 11 is 1.76. The normalized spacial score (nSPS) is 22.6. The van der Waals surface area contributed by atoms with E-state index in [9.17, 15) is 9.59 Å². The minimum atomic E-state index is 0.0843. The second kappa shape index (κ2) is 12.7. The van der Waals surface area contributed by atoms with Gasteiger partial charge in [0, 0.05) is 56.1 Å². The van der Waals surface area contributed by atoms with Gasteiger partial charge in [0.2, 0.25) is 0 Å². The quantitative estimate of drug-likeness (QED) is 0.325. The highest BCUT2D eigenvalue weighted by molar-refractivity contribution is 8.04. The molecule has 2 unspecified atom stereocenters. The third-order valence-corrected chi connectivity index (χ3v) is 10.0. The molecule has 2 heterocycles. The molecule has 2 saturated heterocycles. The zero-order chi connectivity index (χ0) is 28.2. The van der Waals surface area contributed by atoms with Crippen LogP contribution in [0, 0.1) is 6.92 Å². The van der Waals surface area contributed by atoms with Gasteiger partial charge in [0.1, 0.15) is 0 Å². The van der Waals surface area contributed by atoms with Crippen LogP contribution in [0.4, 0.5) is 0 Å². The SMILES string of the molecule is Cc1cccc(CN2C(=O)/C(=C\c3ccc(C(=O)N4CCN(Cc5ccccc5)CC4)cc3)SC3CCCCC32)c1. The molecule has 0 bridgehead atoms. The van der Waals surface area contributed by atoms with Crippen molar-refractivity contribution < 1.29 is 9.59 Å². The first-order valence-corrected chi connectivity index (χ1v) is 15.8. The smallest absolute Gasteiger partial charge is 0.260 e. The van der Waals surface area contributed by atoms with E-state index in [1.165, 1.54) is 29.5 Å². The van der Waals surface area contributed by atoms with Crippen LogP contribution in [0.25, 0.3) is 6.08 Å². The summed E-state index contributed by atoms with van der Waals surface area (Å²) in [6, 6.07) is 27.1. The predicted octanol–water partition coefficient (Wildman–Crippen LogP) is 6.38. The molecule has 0 spiro atoms. The molecule has 212 valence electrons. The van der Waals surface area contributed by atoms with Gasteiger partial charge in [-0.3, -0.25) is 14.5 Å². The average molecular weight is 566 g/mol. The van der Waals surface area contributed by atoms with Gasteiger partial charge < -0.3 is 9.80 Å². The minimum absolute atomic E-state index is 0.0843. The molecular formula is C35H39N3O2S. The number of hydrogen-bond donors (Lipinski definition) is 0.